The van der Waals surface area contributed by atoms with E-state index in [4.69, 9.17) is 10.5 Å². The second-order valence-corrected chi connectivity index (χ2v) is 5.22. The van der Waals surface area contributed by atoms with Crippen LogP contribution in [0.1, 0.15) is 12.8 Å². The van der Waals surface area contributed by atoms with E-state index in [1.54, 1.807) is 6.07 Å². The molecule has 0 saturated carbocycles. The van der Waals surface area contributed by atoms with Gasteiger partial charge in [-0.25, -0.2) is 4.39 Å². The van der Waals surface area contributed by atoms with Gasteiger partial charge in [-0.1, -0.05) is 0 Å². The third-order valence-electron chi connectivity index (χ3n) is 3.82. The molecular formula is C13H17FN2O. The lowest BCUT2D eigenvalue weighted by molar-refractivity contribution is -0.117. The highest BCUT2D eigenvalue weighted by Gasteiger charge is 2.42. The van der Waals surface area contributed by atoms with E-state index in [-0.39, 0.29) is 11.5 Å². The van der Waals surface area contributed by atoms with Crippen molar-refractivity contribution >= 4 is 11.4 Å². The lowest BCUT2D eigenvalue weighted by Gasteiger charge is -2.49. The molecule has 3 nitrogen and oxygen atoms in total. The molecule has 2 aliphatic heterocycles. The van der Waals surface area contributed by atoms with Gasteiger partial charge in [-0.3, -0.25) is 0 Å². The molecule has 0 amide bonds. The molecule has 0 atom stereocenters. The first kappa shape index (κ1) is 10.8. The Kier molecular flexibility index (Phi) is 2.47. The summed E-state index contributed by atoms with van der Waals surface area (Å²) in [7, 11) is 0. The number of anilines is 2. The van der Waals surface area contributed by atoms with Gasteiger partial charge in [0, 0.05) is 24.2 Å². The van der Waals surface area contributed by atoms with Crippen molar-refractivity contribution in [2.75, 3.05) is 36.9 Å². The summed E-state index contributed by atoms with van der Waals surface area (Å²) < 4.78 is 18.5. The zero-order valence-electron chi connectivity index (χ0n) is 9.79. The molecule has 0 radical (unpaired) electrons. The molecule has 92 valence electrons. The maximum Gasteiger partial charge on any atom is 0.146 e. The van der Waals surface area contributed by atoms with Crippen molar-refractivity contribution in [3.63, 3.8) is 0 Å². The molecule has 17 heavy (non-hydrogen) atoms. The molecule has 0 bridgehead atoms. The number of rotatable bonds is 1. The van der Waals surface area contributed by atoms with Crippen LogP contribution in [-0.4, -0.2) is 26.3 Å². The van der Waals surface area contributed by atoms with Crippen LogP contribution in [0.2, 0.25) is 0 Å². The highest BCUT2D eigenvalue weighted by atomic mass is 19.1. The van der Waals surface area contributed by atoms with Crippen molar-refractivity contribution in [3.8, 4) is 0 Å². The minimum atomic E-state index is -0.340. The molecule has 4 heteroatoms. The van der Waals surface area contributed by atoms with Crippen molar-refractivity contribution in [1.82, 2.24) is 0 Å². The summed E-state index contributed by atoms with van der Waals surface area (Å²) in [6.07, 6.45) is 2.40. The number of ether oxygens (including phenoxy) is 1. The third-order valence-corrected chi connectivity index (χ3v) is 3.82. The SMILES string of the molecule is Nc1cc(N2CCCC3(COC3)C2)ccc1F. The number of hydrogen-bond acceptors (Lipinski definition) is 3. The van der Waals surface area contributed by atoms with E-state index in [2.05, 4.69) is 4.90 Å². The average Bonchev–Trinajstić information content (AvgIpc) is 2.31. The van der Waals surface area contributed by atoms with Gasteiger partial charge in [-0.2, -0.15) is 0 Å². The minimum Gasteiger partial charge on any atom is -0.396 e. The summed E-state index contributed by atoms with van der Waals surface area (Å²) >= 11 is 0. The van der Waals surface area contributed by atoms with Gasteiger partial charge in [-0.05, 0) is 31.0 Å². The molecule has 1 aromatic rings. The van der Waals surface area contributed by atoms with Crippen molar-refractivity contribution in [1.29, 1.82) is 0 Å². The molecular weight excluding hydrogens is 219 g/mol. The first-order valence-corrected chi connectivity index (χ1v) is 6.06. The van der Waals surface area contributed by atoms with Gasteiger partial charge in [0.05, 0.1) is 18.9 Å². The monoisotopic (exact) mass is 236 g/mol. The highest BCUT2D eigenvalue weighted by Crippen LogP contribution is 2.38. The minimum absolute atomic E-state index is 0.229. The molecule has 2 fully saturated rings. The number of nitrogen functional groups attached to an aromatic ring is 1. The molecule has 0 unspecified atom stereocenters. The summed E-state index contributed by atoms with van der Waals surface area (Å²) in [5.74, 6) is -0.340. The zero-order chi connectivity index (χ0) is 11.9. The first-order valence-electron chi connectivity index (χ1n) is 6.06. The predicted octanol–water partition coefficient (Wildman–Crippen LogP) is 2.02. The number of benzene rings is 1. The summed E-state index contributed by atoms with van der Waals surface area (Å²) in [5, 5.41) is 0. The van der Waals surface area contributed by atoms with Gasteiger partial charge in [0.1, 0.15) is 5.82 Å². The second kappa shape index (κ2) is 3.88. The lowest BCUT2D eigenvalue weighted by Crippen LogP contribution is -2.54. The first-order chi connectivity index (χ1) is 8.19. The third kappa shape index (κ3) is 1.86. The molecule has 3 rings (SSSR count). The van der Waals surface area contributed by atoms with E-state index in [1.165, 1.54) is 18.9 Å². The Balaban J connectivity index is 1.81. The maximum absolute atomic E-state index is 13.1. The lowest BCUT2D eigenvalue weighted by atomic mass is 9.78. The van der Waals surface area contributed by atoms with Crippen LogP contribution in [0.15, 0.2) is 18.2 Å². The van der Waals surface area contributed by atoms with Gasteiger partial charge in [-0.15, -0.1) is 0 Å². The van der Waals surface area contributed by atoms with Crippen LogP contribution in [0.25, 0.3) is 0 Å². The topological polar surface area (TPSA) is 38.5 Å². The van der Waals surface area contributed by atoms with E-state index in [0.29, 0.717) is 5.41 Å². The number of hydrogen-bond donors (Lipinski definition) is 1. The summed E-state index contributed by atoms with van der Waals surface area (Å²) in [6, 6.07) is 4.99. The number of halogens is 1. The van der Waals surface area contributed by atoms with E-state index >= 15 is 0 Å². The zero-order valence-corrected chi connectivity index (χ0v) is 9.79. The highest BCUT2D eigenvalue weighted by molar-refractivity contribution is 5.57. The van der Waals surface area contributed by atoms with Crippen molar-refractivity contribution in [2.45, 2.75) is 12.8 Å². The molecule has 2 saturated heterocycles. The maximum atomic E-state index is 13.1. The van der Waals surface area contributed by atoms with Gasteiger partial charge < -0.3 is 15.4 Å². The molecule has 0 aromatic heterocycles. The fourth-order valence-electron chi connectivity index (χ4n) is 2.78. The second-order valence-electron chi connectivity index (χ2n) is 5.22. The van der Waals surface area contributed by atoms with Crippen LogP contribution in [-0.2, 0) is 4.74 Å². The number of nitrogens with two attached hydrogens (primary N) is 1. The van der Waals surface area contributed by atoms with Crippen molar-refractivity contribution < 1.29 is 9.13 Å². The fourth-order valence-corrected chi connectivity index (χ4v) is 2.78. The Morgan fingerprint density at radius 3 is 2.82 bits per heavy atom. The number of piperidine rings is 1. The molecule has 1 aromatic carbocycles. The Bertz CT molecular complexity index is 431. The van der Waals surface area contributed by atoms with E-state index in [0.717, 1.165) is 32.0 Å². The standard InChI is InChI=1S/C13H17FN2O/c14-11-3-2-10(6-12(11)15)16-5-1-4-13(7-16)8-17-9-13/h2-3,6H,1,4-5,7-9,15H2. The predicted molar refractivity (Wildman–Crippen MR) is 65.5 cm³/mol. The van der Waals surface area contributed by atoms with Crippen LogP contribution in [0.4, 0.5) is 15.8 Å². The van der Waals surface area contributed by atoms with Gasteiger partial charge in [0.25, 0.3) is 0 Å². The van der Waals surface area contributed by atoms with Crippen LogP contribution >= 0.6 is 0 Å². The molecule has 2 aliphatic rings. The van der Waals surface area contributed by atoms with Crippen LogP contribution in [0.3, 0.4) is 0 Å². The average molecular weight is 236 g/mol. The summed E-state index contributed by atoms with van der Waals surface area (Å²) in [5.41, 5.74) is 7.20. The van der Waals surface area contributed by atoms with Crippen molar-refractivity contribution in [3.05, 3.63) is 24.0 Å². The Morgan fingerprint density at radius 2 is 2.18 bits per heavy atom. The Hall–Kier alpha value is -1.29. The van der Waals surface area contributed by atoms with Gasteiger partial charge >= 0.3 is 0 Å². The van der Waals surface area contributed by atoms with Crippen LogP contribution in [0, 0.1) is 11.2 Å². The molecule has 0 aliphatic carbocycles. The Labute approximate surface area is 100 Å². The fraction of sp³-hybridized carbons (Fsp3) is 0.538. The molecule has 1 spiro atoms. The van der Waals surface area contributed by atoms with Crippen molar-refractivity contribution in [2.24, 2.45) is 5.41 Å². The molecule has 2 heterocycles. The van der Waals surface area contributed by atoms with Gasteiger partial charge in [0.2, 0.25) is 0 Å². The van der Waals surface area contributed by atoms with E-state index in [1.807, 2.05) is 6.07 Å². The smallest absolute Gasteiger partial charge is 0.146 e. The Morgan fingerprint density at radius 1 is 1.35 bits per heavy atom. The number of nitrogens with zero attached hydrogens (tertiary/aromatic N) is 1. The van der Waals surface area contributed by atoms with Gasteiger partial charge in [0.15, 0.2) is 0 Å². The van der Waals surface area contributed by atoms with Crippen LogP contribution in [0.5, 0.6) is 0 Å². The molecule has 2 N–H and O–H groups in total. The van der Waals surface area contributed by atoms with Crippen LogP contribution < -0.4 is 10.6 Å². The van der Waals surface area contributed by atoms with E-state index < -0.39 is 0 Å². The van der Waals surface area contributed by atoms with E-state index in [9.17, 15) is 4.39 Å². The quantitative estimate of drug-likeness (QED) is 0.758. The summed E-state index contributed by atoms with van der Waals surface area (Å²) in [6.45, 7) is 3.74. The largest absolute Gasteiger partial charge is 0.396 e. The summed E-state index contributed by atoms with van der Waals surface area (Å²) in [4.78, 5) is 2.29. The normalized spacial score (nSPS) is 22.5.